The standard InChI is InChI=1S/C30H29ClF2N6O3/c1-18(40-29(32)33)16-39-24-15-35-21(13-34)12-23(24)37-27(39)17-38-10-8-19(9-11-38)22-4-3-5-25-28(22)42-30(2,41-25)26-7-6-20(31)14-36-26/h3-7,12,14-15,18-19,29H,8-11,16-17H2,1-2H3/t18-,30+/m1/s1. The fourth-order valence-electron chi connectivity index (χ4n) is 5.76. The van der Waals surface area contributed by atoms with Crippen LogP contribution in [-0.2, 0) is 23.6 Å². The predicted molar refractivity (Wildman–Crippen MR) is 150 cm³/mol. The van der Waals surface area contributed by atoms with E-state index >= 15 is 0 Å². The first-order valence-corrected chi connectivity index (χ1v) is 14.1. The molecule has 1 aromatic carbocycles. The highest BCUT2D eigenvalue weighted by Gasteiger charge is 2.42. The van der Waals surface area contributed by atoms with Gasteiger partial charge in [0, 0.05) is 24.8 Å². The molecule has 42 heavy (non-hydrogen) atoms. The van der Waals surface area contributed by atoms with Gasteiger partial charge in [0.2, 0.25) is 0 Å². The van der Waals surface area contributed by atoms with Crippen molar-refractivity contribution in [2.45, 2.75) is 64.2 Å². The molecule has 0 N–H and O–H groups in total. The molecular weight excluding hydrogens is 566 g/mol. The van der Waals surface area contributed by atoms with Gasteiger partial charge in [0.25, 0.3) is 5.79 Å². The predicted octanol–water partition coefficient (Wildman–Crippen LogP) is 6.00. The first-order chi connectivity index (χ1) is 20.2. The summed E-state index contributed by atoms with van der Waals surface area (Å²) in [5.41, 5.74) is 3.27. The van der Waals surface area contributed by atoms with Crippen LogP contribution in [0.3, 0.4) is 0 Å². The molecule has 4 aromatic rings. The highest BCUT2D eigenvalue weighted by atomic mass is 35.5. The summed E-state index contributed by atoms with van der Waals surface area (Å²) >= 11 is 6.02. The summed E-state index contributed by atoms with van der Waals surface area (Å²) < 4.78 is 45.0. The van der Waals surface area contributed by atoms with Gasteiger partial charge in [-0.1, -0.05) is 23.7 Å². The third-order valence-electron chi connectivity index (χ3n) is 7.80. The van der Waals surface area contributed by atoms with E-state index < -0.39 is 18.5 Å². The number of para-hydroxylation sites is 1. The topological polar surface area (TPSA) is 98.3 Å². The van der Waals surface area contributed by atoms with Crippen molar-refractivity contribution in [3.8, 4) is 17.6 Å². The van der Waals surface area contributed by atoms with Gasteiger partial charge in [-0.2, -0.15) is 14.0 Å². The lowest BCUT2D eigenvalue weighted by molar-refractivity contribution is -0.160. The van der Waals surface area contributed by atoms with E-state index in [-0.39, 0.29) is 18.2 Å². The molecule has 218 valence electrons. The lowest BCUT2D eigenvalue weighted by atomic mass is 9.88. The van der Waals surface area contributed by atoms with Gasteiger partial charge < -0.3 is 18.8 Å². The van der Waals surface area contributed by atoms with E-state index in [1.165, 1.54) is 0 Å². The van der Waals surface area contributed by atoms with Crippen molar-refractivity contribution in [3.05, 3.63) is 76.6 Å². The van der Waals surface area contributed by atoms with E-state index in [9.17, 15) is 14.0 Å². The minimum atomic E-state index is -2.87. The SMILES string of the molecule is C[C@H](Cn1c(CN2CCC(c3cccc4c3O[C@@](C)(c3ccc(Cl)cn3)O4)CC2)nc2cc(C#N)ncc21)OC(F)F. The zero-order valence-corrected chi connectivity index (χ0v) is 23.9. The van der Waals surface area contributed by atoms with Gasteiger partial charge in [-0.3, -0.25) is 9.88 Å². The fraction of sp³-hybridized carbons (Fsp3) is 0.400. The average molecular weight is 595 g/mol. The Hall–Kier alpha value is -3.85. The van der Waals surface area contributed by atoms with Gasteiger partial charge in [0.05, 0.1) is 41.4 Å². The van der Waals surface area contributed by atoms with E-state index in [2.05, 4.69) is 20.9 Å². The summed E-state index contributed by atoms with van der Waals surface area (Å²) in [4.78, 5) is 15.6. The highest BCUT2D eigenvalue weighted by molar-refractivity contribution is 6.30. The number of rotatable bonds is 8. The van der Waals surface area contributed by atoms with E-state index in [1.54, 1.807) is 37.5 Å². The van der Waals surface area contributed by atoms with Crippen molar-refractivity contribution >= 4 is 22.6 Å². The van der Waals surface area contributed by atoms with Crippen LogP contribution in [-0.4, -0.2) is 50.2 Å². The molecule has 9 nitrogen and oxygen atoms in total. The fourth-order valence-corrected chi connectivity index (χ4v) is 5.87. The van der Waals surface area contributed by atoms with Gasteiger partial charge in [-0.25, -0.2) is 9.97 Å². The Labute approximate surface area is 246 Å². The van der Waals surface area contributed by atoms with Crippen LogP contribution in [0.1, 0.15) is 55.4 Å². The maximum Gasteiger partial charge on any atom is 0.345 e. The monoisotopic (exact) mass is 594 g/mol. The third-order valence-corrected chi connectivity index (χ3v) is 8.02. The van der Waals surface area contributed by atoms with Crippen molar-refractivity contribution in [1.29, 1.82) is 5.26 Å². The molecule has 0 radical (unpaired) electrons. The molecule has 1 saturated heterocycles. The van der Waals surface area contributed by atoms with Crippen molar-refractivity contribution in [3.63, 3.8) is 0 Å². The molecule has 0 spiro atoms. The van der Waals surface area contributed by atoms with E-state index in [0.717, 1.165) is 37.2 Å². The van der Waals surface area contributed by atoms with E-state index in [4.69, 9.17) is 30.8 Å². The van der Waals surface area contributed by atoms with Crippen LogP contribution in [0, 0.1) is 11.3 Å². The van der Waals surface area contributed by atoms with Crippen LogP contribution in [0.15, 0.2) is 48.8 Å². The van der Waals surface area contributed by atoms with Crippen LogP contribution < -0.4 is 9.47 Å². The Morgan fingerprint density at radius 1 is 1.17 bits per heavy atom. The quantitative estimate of drug-likeness (QED) is 0.245. The summed E-state index contributed by atoms with van der Waals surface area (Å²) in [5.74, 6) is 1.36. The van der Waals surface area contributed by atoms with Crippen molar-refractivity contribution in [1.82, 2.24) is 24.4 Å². The minimum absolute atomic E-state index is 0.189. The maximum atomic E-state index is 12.9. The number of nitriles is 1. The zero-order valence-electron chi connectivity index (χ0n) is 23.1. The van der Waals surface area contributed by atoms with Crippen LogP contribution in [0.5, 0.6) is 11.5 Å². The van der Waals surface area contributed by atoms with Gasteiger partial charge in [-0.15, -0.1) is 0 Å². The number of ether oxygens (including phenoxy) is 3. The Morgan fingerprint density at radius 3 is 2.69 bits per heavy atom. The molecule has 0 unspecified atom stereocenters. The molecule has 0 saturated carbocycles. The van der Waals surface area contributed by atoms with Crippen LogP contribution in [0.4, 0.5) is 8.78 Å². The summed E-state index contributed by atoms with van der Waals surface area (Å²) in [7, 11) is 0. The summed E-state index contributed by atoms with van der Waals surface area (Å²) in [6.45, 7) is 2.91. The lowest BCUT2D eigenvalue weighted by Crippen LogP contribution is -2.34. The van der Waals surface area contributed by atoms with Crippen LogP contribution in [0.25, 0.3) is 11.0 Å². The molecule has 2 aliphatic rings. The number of likely N-dealkylation sites (tertiary alicyclic amines) is 1. The van der Waals surface area contributed by atoms with Crippen molar-refractivity contribution in [2.75, 3.05) is 13.1 Å². The highest BCUT2D eigenvalue weighted by Crippen LogP contribution is 2.49. The molecule has 3 aromatic heterocycles. The Kier molecular flexibility index (Phi) is 7.70. The Bertz CT molecular complexity index is 1630. The average Bonchev–Trinajstić information content (AvgIpc) is 3.49. The number of alkyl halides is 2. The van der Waals surface area contributed by atoms with Crippen LogP contribution >= 0.6 is 11.6 Å². The summed E-state index contributed by atoms with van der Waals surface area (Å²) in [6, 6.07) is 13.2. The second kappa shape index (κ2) is 11.4. The minimum Gasteiger partial charge on any atom is -0.443 e. The number of fused-ring (bicyclic) bond motifs is 2. The molecular formula is C30H29ClF2N6O3. The number of aromatic nitrogens is 4. The molecule has 0 aliphatic carbocycles. The molecule has 6 rings (SSSR count). The molecule has 1 fully saturated rings. The third kappa shape index (κ3) is 5.62. The number of halogens is 3. The summed E-state index contributed by atoms with van der Waals surface area (Å²) in [5, 5.41) is 9.81. The second-order valence-corrected chi connectivity index (χ2v) is 11.2. The smallest absolute Gasteiger partial charge is 0.345 e. The normalized spacial score (nSPS) is 19.8. The van der Waals surface area contributed by atoms with Gasteiger partial charge in [0.1, 0.15) is 23.3 Å². The number of hydrogen-bond donors (Lipinski definition) is 0. The largest absolute Gasteiger partial charge is 0.443 e. The summed E-state index contributed by atoms with van der Waals surface area (Å²) in [6.07, 6.45) is 4.19. The lowest BCUT2D eigenvalue weighted by Gasteiger charge is -2.32. The van der Waals surface area contributed by atoms with E-state index in [0.29, 0.717) is 39.9 Å². The zero-order chi connectivity index (χ0) is 29.4. The number of nitrogens with zero attached hydrogens (tertiary/aromatic N) is 6. The number of hydrogen-bond acceptors (Lipinski definition) is 8. The first kappa shape index (κ1) is 28.3. The number of piperidine rings is 1. The Balaban J connectivity index is 1.17. The van der Waals surface area contributed by atoms with Gasteiger partial charge >= 0.3 is 6.61 Å². The number of benzene rings is 1. The molecule has 5 heterocycles. The van der Waals surface area contributed by atoms with Gasteiger partial charge in [-0.05, 0) is 57.0 Å². The van der Waals surface area contributed by atoms with Crippen molar-refractivity contribution in [2.24, 2.45) is 0 Å². The van der Waals surface area contributed by atoms with Gasteiger partial charge in [0.15, 0.2) is 11.5 Å². The number of imidazole rings is 1. The first-order valence-electron chi connectivity index (χ1n) is 13.8. The number of pyridine rings is 2. The molecule has 2 atom stereocenters. The van der Waals surface area contributed by atoms with Crippen LogP contribution in [0.2, 0.25) is 5.02 Å². The molecule has 0 bridgehead atoms. The van der Waals surface area contributed by atoms with E-state index in [1.807, 2.05) is 29.7 Å². The molecule has 12 heteroatoms. The second-order valence-electron chi connectivity index (χ2n) is 10.8. The Morgan fingerprint density at radius 2 is 1.98 bits per heavy atom. The molecule has 0 amide bonds. The molecule has 2 aliphatic heterocycles. The maximum absolute atomic E-state index is 12.9. The van der Waals surface area contributed by atoms with Crippen molar-refractivity contribution < 1.29 is 23.0 Å².